The molecule has 0 radical (unpaired) electrons. The molecule has 21 heavy (non-hydrogen) atoms. The van der Waals surface area contributed by atoms with E-state index in [0.717, 1.165) is 17.1 Å². The summed E-state index contributed by atoms with van der Waals surface area (Å²) in [5, 5.41) is 7.28. The molecule has 0 saturated carbocycles. The van der Waals surface area contributed by atoms with Crippen molar-refractivity contribution < 1.29 is 9.53 Å². The second-order valence-corrected chi connectivity index (χ2v) is 4.75. The van der Waals surface area contributed by atoms with Gasteiger partial charge in [0.1, 0.15) is 5.56 Å². The van der Waals surface area contributed by atoms with E-state index in [1.54, 1.807) is 11.6 Å². The number of nitrogens with one attached hydrogen (secondary N) is 1. The van der Waals surface area contributed by atoms with Crippen LogP contribution < -0.4 is 11.1 Å². The summed E-state index contributed by atoms with van der Waals surface area (Å²) < 4.78 is 6.67. The lowest BCUT2D eigenvalue weighted by atomic mass is 10.2. The molecule has 0 amide bonds. The van der Waals surface area contributed by atoms with Crippen LogP contribution in [0, 0.1) is 6.92 Å². The van der Waals surface area contributed by atoms with E-state index in [1.807, 2.05) is 31.2 Å². The van der Waals surface area contributed by atoms with E-state index in [2.05, 4.69) is 10.4 Å². The maximum atomic E-state index is 11.8. The van der Waals surface area contributed by atoms with Crippen molar-refractivity contribution in [3.05, 3.63) is 41.7 Å². The van der Waals surface area contributed by atoms with Crippen LogP contribution in [-0.2, 0) is 4.74 Å². The van der Waals surface area contributed by atoms with Gasteiger partial charge in [-0.05, 0) is 50.3 Å². The Morgan fingerprint density at radius 1 is 1.43 bits per heavy atom. The molecule has 0 fully saturated rings. The van der Waals surface area contributed by atoms with Gasteiger partial charge in [0.15, 0.2) is 5.11 Å². The van der Waals surface area contributed by atoms with Crippen molar-refractivity contribution in [2.24, 2.45) is 5.73 Å². The summed E-state index contributed by atoms with van der Waals surface area (Å²) in [6.07, 6.45) is 1.51. The predicted octanol–water partition coefficient (Wildman–Crippen LogP) is 2.01. The highest BCUT2D eigenvalue weighted by Gasteiger charge is 2.15. The zero-order chi connectivity index (χ0) is 15.4. The molecule has 0 bridgehead atoms. The lowest BCUT2D eigenvalue weighted by Gasteiger charge is -2.08. The normalized spacial score (nSPS) is 10.2. The molecule has 1 aromatic heterocycles. The second kappa shape index (κ2) is 6.36. The molecule has 1 heterocycles. The van der Waals surface area contributed by atoms with Gasteiger partial charge in [-0.25, -0.2) is 9.48 Å². The SMILES string of the molecule is CCOC(=O)c1cnn(-c2ccc(NC(N)=S)cc2)c1C. The molecule has 0 aliphatic heterocycles. The Morgan fingerprint density at radius 3 is 2.67 bits per heavy atom. The number of anilines is 1. The zero-order valence-electron chi connectivity index (χ0n) is 11.8. The Labute approximate surface area is 127 Å². The van der Waals surface area contributed by atoms with Crippen LogP contribution in [0.1, 0.15) is 23.0 Å². The van der Waals surface area contributed by atoms with Crippen molar-refractivity contribution in [3.63, 3.8) is 0 Å². The monoisotopic (exact) mass is 304 g/mol. The lowest BCUT2D eigenvalue weighted by Crippen LogP contribution is -2.18. The number of esters is 1. The number of nitrogens with two attached hydrogens (primary N) is 1. The van der Waals surface area contributed by atoms with Gasteiger partial charge in [0.2, 0.25) is 0 Å². The van der Waals surface area contributed by atoms with Crippen LogP contribution >= 0.6 is 12.2 Å². The number of carbonyl (C=O) groups is 1. The van der Waals surface area contributed by atoms with E-state index in [0.29, 0.717) is 12.2 Å². The highest BCUT2D eigenvalue weighted by molar-refractivity contribution is 7.80. The first-order chi connectivity index (χ1) is 10.0. The fourth-order valence-corrected chi connectivity index (χ4v) is 2.03. The second-order valence-electron chi connectivity index (χ2n) is 4.31. The third kappa shape index (κ3) is 3.38. The van der Waals surface area contributed by atoms with E-state index in [9.17, 15) is 4.79 Å². The molecule has 1 aromatic carbocycles. The molecule has 0 aliphatic rings. The molecule has 0 spiro atoms. The van der Waals surface area contributed by atoms with Crippen molar-refractivity contribution in [2.75, 3.05) is 11.9 Å². The van der Waals surface area contributed by atoms with Crippen LogP contribution in [0.15, 0.2) is 30.5 Å². The molecule has 0 unspecified atom stereocenters. The number of aromatic nitrogens is 2. The molecule has 110 valence electrons. The minimum Gasteiger partial charge on any atom is -0.462 e. The number of nitrogens with zero attached hydrogens (tertiary/aromatic N) is 2. The molecule has 0 saturated heterocycles. The largest absolute Gasteiger partial charge is 0.462 e. The van der Waals surface area contributed by atoms with E-state index in [1.165, 1.54) is 6.20 Å². The average Bonchev–Trinajstić information content (AvgIpc) is 2.81. The summed E-state index contributed by atoms with van der Waals surface area (Å²) in [6.45, 7) is 3.93. The van der Waals surface area contributed by atoms with Crippen molar-refractivity contribution in [3.8, 4) is 5.69 Å². The summed E-state index contributed by atoms with van der Waals surface area (Å²) in [5.41, 5.74) is 8.22. The highest BCUT2D eigenvalue weighted by atomic mass is 32.1. The third-order valence-electron chi connectivity index (χ3n) is 2.88. The Morgan fingerprint density at radius 2 is 2.10 bits per heavy atom. The molecule has 6 nitrogen and oxygen atoms in total. The molecule has 2 rings (SSSR count). The molecular formula is C14H16N4O2S. The summed E-state index contributed by atoms with van der Waals surface area (Å²) in [6, 6.07) is 7.38. The fourth-order valence-electron chi connectivity index (χ4n) is 1.91. The number of ether oxygens (including phenoxy) is 1. The summed E-state index contributed by atoms with van der Waals surface area (Å²) in [4.78, 5) is 11.8. The van der Waals surface area contributed by atoms with Gasteiger partial charge in [0.25, 0.3) is 0 Å². The van der Waals surface area contributed by atoms with Crippen molar-refractivity contribution >= 4 is 29.0 Å². The van der Waals surface area contributed by atoms with Crippen LogP contribution in [-0.4, -0.2) is 27.5 Å². The minimum absolute atomic E-state index is 0.211. The third-order valence-corrected chi connectivity index (χ3v) is 2.99. The van der Waals surface area contributed by atoms with Gasteiger partial charge in [0.05, 0.1) is 24.2 Å². The highest BCUT2D eigenvalue weighted by Crippen LogP contribution is 2.17. The van der Waals surface area contributed by atoms with Crippen molar-refractivity contribution in [1.29, 1.82) is 0 Å². The minimum atomic E-state index is -0.368. The van der Waals surface area contributed by atoms with E-state index in [4.69, 9.17) is 22.7 Å². The fraction of sp³-hybridized carbons (Fsp3) is 0.214. The van der Waals surface area contributed by atoms with Crippen LogP contribution in [0.3, 0.4) is 0 Å². The molecule has 2 aromatic rings. The molecule has 0 aliphatic carbocycles. The van der Waals surface area contributed by atoms with Crippen molar-refractivity contribution in [1.82, 2.24) is 9.78 Å². The number of carbonyl (C=O) groups excluding carboxylic acids is 1. The Bertz CT molecular complexity index is 664. The maximum Gasteiger partial charge on any atom is 0.341 e. The van der Waals surface area contributed by atoms with E-state index in [-0.39, 0.29) is 11.1 Å². The Kier molecular flexibility index (Phi) is 4.54. The zero-order valence-corrected chi connectivity index (χ0v) is 12.6. The van der Waals surface area contributed by atoms with Crippen LogP contribution in [0.4, 0.5) is 5.69 Å². The summed E-state index contributed by atoms with van der Waals surface area (Å²) in [5.74, 6) is -0.368. The van der Waals surface area contributed by atoms with Crippen LogP contribution in [0.5, 0.6) is 0 Å². The lowest BCUT2D eigenvalue weighted by molar-refractivity contribution is 0.0525. The molecular weight excluding hydrogens is 288 g/mol. The maximum absolute atomic E-state index is 11.8. The first-order valence-corrected chi connectivity index (χ1v) is 6.82. The topological polar surface area (TPSA) is 82.2 Å². The van der Waals surface area contributed by atoms with Crippen molar-refractivity contribution in [2.45, 2.75) is 13.8 Å². The van der Waals surface area contributed by atoms with Gasteiger partial charge in [0, 0.05) is 5.69 Å². The number of benzene rings is 1. The number of hydrogen-bond acceptors (Lipinski definition) is 4. The number of rotatable bonds is 4. The molecule has 3 N–H and O–H groups in total. The summed E-state index contributed by atoms with van der Waals surface area (Å²) in [7, 11) is 0. The Balaban J connectivity index is 2.26. The first-order valence-electron chi connectivity index (χ1n) is 6.41. The van der Waals surface area contributed by atoms with Gasteiger partial charge in [-0.3, -0.25) is 0 Å². The molecule has 0 atom stereocenters. The van der Waals surface area contributed by atoms with Crippen LogP contribution in [0.25, 0.3) is 5.69 Å². The van der Waals surface area contributed by atoms with Gasteiger partial charge >= 0.3 is 5.97 Å². The first kappa shape index (κ1) is 15.0. The van der Waals surface area contributed by atoms with E-state index < -0.39 is 0 Å². The summed E-state index contributed by atoms with van der Waals surface area (Å²) >= 11 is 4.78. The average molecular weight is 304 g/mol. The van der Waals surface area contributed by atoms with Crippen LogP contribution in [0.2, 0.25) is 0 Å². The quantitative estimate of drug-likeness (QED) is 0.664. The Hall–Kier alpha value is -2.41. The van der Waals surface area contributed by atoms with Gasteiger partial charge in [-0.2, -0.15) is 5.10 Å². The standard InChI is InChI=1S/C14H16N4O2S/c1-3-20-13(19)12-8-16-18(9(12)2)11-6-4-10(5-7-11)17-14(15)21/h4-8H,3H2,1-2H3,(H3,15,17,21). The van der Waals surface area contributed by atoms with Gasteiger partial charge < -0.3 is 15.8 Å². The number of thiocarbonyl (C=S) groups is 1. The number of hydrogen-bond donors (Lipinski definition) is 2. The molecule has 7 heteroatoms. The smallest absolute Gasteiger partial charge is 0.341 e. The predicted molar refractivity (Wildman–Crippen MR) is 84.7 cm³/mol. The van der Waals surface area contributed by atoms with E-state index >= 15 is 0 Å². The van der Waals surface area contributed by atoms with Gasteiger partial charge in [-0.1, -0.05) is 0 Å². The van der Waals surface area contributed by atoms with Gasteiger partial charge in [-0.15, -0.1) is 0 Å².